The Hall–Kier alpha value is -1.42. The summed E-state index contributed by atoms with van der Waals surface area (Å²) in [6.07, 6.45) is 6.52. The number of aromatic nitrogens is 1. The number of unbranched alkanes of at least 4 members (excludes halogenated alkanes) is 3. The molecule has 0 spiro atoms. The lowest BCUT2D eigenvalue weighted by Gasteiger charge is -2.23. The van der Waals surface area contributed by atoms with Crippen molar-refractivity contribution in [1.29, 1.82) is 0 Å². The zero-order valence-corrected chi connectivity index (χ0v) is 13.6. The van der Waals surface area contributed by atoms with Gasteiger partial charge in [-0.3, -0.25) is 9.78 Å². The van der Waals surface area contributed by atoms with Crippen molar-refractivity contribution in [2.24, 2.45) is 11.7 Å². The van der Waals surface area contributed by atoms with Crippen LogP contribution < -0.4 is 11.1 Å². The van der Waals surface area contributed by atoms with E-state index in [1.807, 2.05) is 19.1 Å². The summed E-state index contributed by atoms with van der Waals surface area (Å²) in [6.45, 7) is 7.00. The van der Waals surface area contributed by atoms with E-state index in [2.05, 4.69) is 24.1 Å². The lowest BCUT2D eigenvalue weighted by molar-refractivity contribution is -0.122. The van der Waals surface area contributed by atoms with Crippen molar-refractivity contribution in [1.82, 2.24) is 10.3 Å². The lowest BCUT2D eigenvalue weighted by atomic mass is 9.97. The van der Waals surface area contributed by atoms with Crippen molar-refractivity contribution in [3.05, 3.63) is 29.6 Å². The molecule has 0 aliphatic heterocycles. The topological polar surface area (TPSA) is 68.0 Å². The maximum atomic E-state index is 12.1. The van der Waals surface area contributed by atoms with Gasteiger partial charge in [0.05, 0.1) is 11.7 Å². The lowest BCUT2D eigenvalue weighted by Crippen LogP contribution is -2.32. The van der Waals surface area contributed by atoms with Crippen LogP contribution in [-0.2, 0) is 4.79 Å². The molecular formula is C17H29N3O. The number of carbonyl (C=O) groups is 1. The van der Waals surface area contributed by atoms with E-state index in [1.54, 1.807) is 6.20 Å². The summed E-state index contributed by atoms with van der Waals surface area (Å²) >= 11 is 0. The molecule has 4 nitrogen and oxygen atoms in total. The van der Waals surface area contributed by atoms with Crippen molar-refractivity contribution in [3.63, 3.8) is 0 Å². The second-order valence-corrected chi connectivity index (χ2v) is 5.95. The zero-order chi connectivity index (χ0) is 15.7. The second kappa shape index (κ2) is 9.50. The quantitative estimate of drug-likeness (QED) is 0.687. The van der Waals surface area contributed by atoms with E-state index in [4.69, 9.17) is 5.73 Å². The average molecular weight is 291 g/mol. The minimum absolute atomic E-state index is 0.0114. The fraction of sp³-hybridized carbons (Fsp3) is 0.647. The number of hydrogen-bond acceptors (Lipinski definition) is 3. The van der Waals surface area contributed by atoms with Crippen molar-refractivity contribution in [2.45, 2.75) is 58.9 Å². The van der Waals surface area contributed by atoms with Crippen LogP contribution in [0.15, 0.2) is 18.3 Å². The second-order valence-electron chi connectivity index (χ2n) is 5.95. The highest BCUT2D eigenvalue weighted by Crippen LogP contribution is 2.22. The fourth-order valence-electron chi connectivity index (χ4n) is 2.40. The number of hydrogen-bond donors (Lipinski definition) is 2. The van der Waals surface area contributed by atoms with E-state index < -0.39 is 0 Å². The summed E-state index contributed by atoms with van der Waals surface area (Å²) in [7, 11) is 0. The summed E-state index contributed by atoms with van der Waals surface area (Å²) < 4.78 is 0. The van der Waals surface area contributed by atoms with E-state index in [9.17, 15) is 4.79 Å². The van der Waals surface area contributed by atoms with Crippen LogP contribution in [-0.4, -0.2) is 17.4 Å². The van der Waals surface area contributed by atoms with Crippen LogP contribution in [0, 0.1) is 12.8 Å². The van der Waals surface area contributed by atoms with E-state index in [0.717, 1.165) is 43.5 Å². The van der Waals surface area contributed by atoms with Gasteiger partial charge in [-0.1, -0.05) is 32.8 Å². The van der Waals surface area contributed by atoms with Gasteiger partial charge >= 0.3 is 0 Å². The number of carbonyl (C=O) groups excluding carboxylic acids is 1. The van der Waals surface area contributed by atoms with Crippen LogP contribution in [0.1, 0.15) is 63.3 Å². The van der Waals surface area contributed by atoms with Gasteiger partial charge in [0.25, 0.3) is 0 Å². The smallest absolute Gasteiger partial charge is 0.220 e. The van der Waals surface area contributed by atoms with Crippen LogP contribution in [0.4, 0.5) is 0 Å². The standard InChI is InChI=1S/C17H29N3O/c1-13(2)16(17-14(3)9-8-12-19-17)20-15(21)10-6-4-5-7-11-18/h8-9,12-13,16H,4-7,10-11,18H2,1-3H3,(H,20,21). The Labute approximate surface area is 128 Å². The molecule has 0 aliphatic rings. The van der Waals surface area contributed by atoms with Crippen molar-refractivity contribution in [2.75, 3.05) is 6.54 Å². The minimum Gasteiger partial charge on any atom is -0.347 e. The number of pyridine rings is 1. The first-order chi connectivity index (χ1) is 10.1. The molecule has 1 heterocycles. The fourth-order valence-corrected chi connectivity index (χ4v) is 2.40. The molecule has 1 amide bonds. The molecule has 1 aromatic heterocycles. The molecule has 4 heteroatoms. The van der Waals surface area contributed by atoms with E-state index >= 15 is 0 Å². The monoisotopic (exact) mass is 291 g/mol. The Morgan fingerprint density at radius 3 is 2.62 bits per heavy atom. The average Bonchev–Trinajstić information content (AvgIpc) is 2.45. The Bertz CT molecular complexity index is 432. The van der Waals surface area contributed by atoms with Gasteiger partial charge in [-0.25, -0.2) is 0 Å². The highest BCUT2D eigenvalue weighted by Gasteiger charge is 2.20. The van der Waals surface area contributed by atoms with Crippen molar-refractivity contribution >= 4 is 5.91 Å². The number of nitrogens with two attached hydrogens (primary N) is 1. The summed E-state index contributed by atoms with van der Waals surface area (Å²) in [6, 6.07) is 3.95. The number of amides is 1. The summed E-state index contributed by atoms with van der Waals surface area (Å²) in [4.78, 5) is 16.6. The number of nitrogens with one attached hydrogen (secondary N) is 1. The molecule has 21 heavy (non-hydrogen) atoms. The van der Waals surface area contributed by atoms with Gasteiger partial charge in [0, 0.05) is 12.6 Å². The highest BCUT2D eigenvalue weighted by molar-refractivity contribution is 5.76. The predicted molar refractivity (Wildman–Crippen MR) is 86.8 cm³/mol. The van der Waals surface area contributed by atoms with Gasteiger partial charge in [0.2, 0.25) is 5.91 Å². The molecule has 0 saturated heterocycles. The minimum atomic E-state index is -0.0114. The van der Waals surface area contributed by atoms with E-state index in [0.29, 0.717) is 12.3 Å². The Balaban J connectivity index is 2.52. The SMILES string of the molecule is Cc1cccnc1C(NC(=O)CCCCCCN)C(C)C. The molecule has 0 aliphatic carbocycles. The molecule has 1 rings (SSSR count). The first-order valence-corrected chi connectivity index (χ1v) is 7.97. The predicted octanol–water partition coefficient (Wildman–Crippen LogP) is 3.11. The van der Waals surface area contributed by atoms with Crippen LogP contribution in [0.25, 0.3) is 0 Å². The third-order valence-electron chi connectivity index (χ3n) is 3.69. The molecule has 0 radical (unpaired) electrons. The van der Waals surface area contributed by atoms with Gasteiger partial charge in [-0.15, -0.1) is 0 Å². The largest absolute Gasteiger partial charge is 0.347 e. The normalized spacial score (nSPS) is 12.4. The number of aryl methyl sites for hydroxylation is 1. The summed E-state index contributed by atoms with van der Waals surface area (Å²) in [5.41, 5.74) is 7.56. The van der Waals surface area contributed by atoms with Crippen LogP contribution in [0.5, 0.6) is 0 Å². The molecule has 0 saturated carbocycles. The molecule has 0 aromatic carbocycles. The van der Waals surface area contributed by atoms with Gasteiger partial charge in [0.15, 0.2) is 0 Å². The molecule has 3 N–H and O–H groups in total. The zero-order valence-electron chi connectivity index (χ0n) is 13.6. The molecule has 0 fully saturated rings. The first-order valence-electron chi connectivity index (χ1n) is 7.97. The molecular weight excluding hydrogens is 262 g/mol. The third-order valence-corrected chi connectivity index (χ3v) is 3.69. The van der Waals surface area contributed by atoms with Crippen molar-refractivity contribution < 1.29 is 4.79 Å². The molecule has 1 atom stereocenters. The van der Waals surface area contributed by atoms with Gasteiger partial charge < -0.3 is 11.1 Å². The Morgan fingerprint density at radius 1 is 1.29 bits per heavy atom. The van der Waals surface area contributed by atoms with E-state index in [-0.39, 0.29) is 11.9 Å². The van der Waals surface area contributed by atoms with Crippen LogP contribution in [0.2, 0.25) is 0 Å². The van der Waals surface area contributed by atoms with E-state index in [1.165, 1.54) is 0 Å². The molecule has 1 unspecified atom stereocenters. The molecule has 118 valence electrons. The maximum absolute atomic E-state index is 12.1. The molecule has 1 aromatic rings. The Morgan fingerprint density at radius 2 is 2.00 bits per heavy atom. The third kappa shape index (κ3) is 6.25. The van der Waals surface area contributed by atoms with Crippen LogP contribution in [0.3, 0.4) is 0 Å². The highest BCUT2D eigenvalue weighted by atomic mass is 16.1. The summed E-state index contributed by atoms with van der Waals surface area (Å²) in [5, 5.41) is 3.14. The van der Waals surface area contributed by atoms with Crippen molar-refractivity contribution in [3.8, 4) is 0 Å². The first kappa shape index (κ1) is 17.6. The number of rotatable bonds is 9. The Kier molecular flexibility index (Phi) is 7.98. The van der Waals surface area contributed by atoms with Gasteiger partial charge in [0.1, 0.15) is 0 Å². The number of nitrogens with zero attached hydrogens (tertiary/aromatic N) is 1. The van der Waals surface area contributed by atoms with Crippen LogP contribution >= 0.6 is 0 Å². The van der Waals surface area contributed by atoms with Gasteiger partial charge in [-0.2, -0.15) is 0 Å². The summed E-state index contributed by atoms with van der Waals surface area (Å²) in [5.74, 6) is 0.436. The molecule has 0 bridgehead atoms. The van der Waals surface area contributed by atoms with Gasteiger partial charge in [-0.05, 0) is 43.9 Å². The maximum Gasteiger partial charge on any atom is 0.220 e.